The van der Waals surface area contributed by atoms with Crippen molar-refractivity contribution in [2.24, 2.45) is 0 Å². The number of carbonyl (C=O) groups is 1. The third kappa shape index (κ3) is 3.24. The first-order valence-corrected chi connectivity index (χ1v) is 9.60. The quantitative estimate of drug-likeness (QED) is 0.897. The molecule has 134 valence electrons. The Labute approximate surface area is 149 Å². The van der Waals surface area contributed by atoms with Gasteiger partial charge in [-0.1, -0.05) is 18.9 Å². The number of hydrogen-bond donors (Lipinski definition) is 1. The van der Waals surface area contributed by atoms with Crippen LogP contribution in [0.5, 0.6) is 0 Å². The normalized spacial score (nSPS) is 21.8. The van der Waals surface area contributed by atoms with Gasteiger partial charge in [-0.25, -0.2) is 9.78 Å². The van der Waals surface area contributed by atoms with Crippen molar-refractivity contribution in [1.29, 1.82) is 0 Å². The van der Waals surface area contributed by atoms with Gasteiger partial charge in [0.25, 0.3) is 0 Å². The zero-order chi connectivity index (χ0) is 17.4. The smallest absolute Gasteiger partial charge is 0.320 e. The van der Waals surface area contributed by atoms with Gasteiger partial charge in [0.15, 0.2) is 0 Å². The number of piperidine rings is 1. The van der Waals surface area contributed by atoms with Crippen LogP contribution in [-0.4, -0.2) is 52.0 Å². The van der Waals surface area contributed by atoms with Crippen LogP contribution in [0.25, 0.3) is 11.0 Å². The molecule has 1 aromatic heterocycles. The van der Waals surface area contributed by atoms with E-state index in [0.717, 1.165) is 55.6 Å². The van der Waals surface area contributed by atoms with Crippen LogP contribution in [0, 0.1) is 6.92 Å². The monoisotopic (exact) mass is 340 g/mol. The van der Waals surface area contributed by atoms with Gasteiger partial charge in [-0.3, -0.25) is 0 Å². The van der Waals surface area contributed by atoms with Crippen molar-refractivity contribution in [1.82, 2.24) is 19.8 Å². The molecule has 1 aliphatic carbocycles. The number of nitrogens with zero attached hydrogens (tertiary/aromatic N) is 3. The lowest BCUT2D eigenvalue weighted by molar-refractivity contribution is 0.132. The molecule has 2 aromatic rings. The lowest BCUT2D eigenvalue weighted by Gasteiger charge is -2.36. The van der Waals surface area contributed by atoms with E-state index in [2.05, 4.69) is 30.1 Å². The first-order chi connectivity index (χ1) is 12.1. The second-order valence-corrected chi connectivity index (χ2v) is 7.76. The summed E-state index contributed by atoms with van der Waals surface area (Å²) in [5, 5.41) is 0. The predicted molar refractivity (Wildman–Crippen MR) is 99.8 cm³/mol. The average Bonchev–Trinajstić information content (AvgIpc) is 3.29. The molecule has 0 spiro atoms. The van der Waals surface area contributed by atoms with Crippen LogP contribution in [0.3, 0.4) is 0 Å². The SMILES string of the molecule is Cc1ccc2nc(C3CCCN(C(=O)N(C)C4CCCC4)C3)[nH]c2c1. The van der Waals surface area contributed by atoms with Gasteiger partial charge in [0.1, 0.15) is 5.82 Å². The molecule has 2 heterocycles. The van der Waals surface area contributed by atoms with E-state index in [4.69, 9.17) is 4.98 Å². The lowest BCUT2D eigenvalue weighted by atomic mass is 9.97. The molecule has 2 aliphatic rings. The van der Waals surface area contributed by atoms with Crippen molar-refractivity contribution in [3.63, 3.8) is 0 Å². The third-order valence-electron chi connectivity index (χ3n) is 5.91. The molecule has 5 nitrogen and oxygen atoms in total. The molecule has 1 N–H and O–H groups in total. The minimum Gasteiger partial charge on any atom is -0.342 e. The van der Waals surface area contributed by atoms with Crippen molar-refractivity contribution in [3.8, 4) is 0 Å². The summed E-state index contributed by atoms with van der Waals surface area (Å²) < 4.78 is 0. The summed E-state index contributed by atoms with van der Waals surface area (Å²) in [5.74, 6) is 1.34. The number of nitrogens with one attached hydrogen (secondary N) is 1. The molecule has 0 bridgehead atoms. The van der Waals surface area contributed by atoms with Gasteiger partial charge in [-0.15, -0.1) is 0 Å². The van der Waals surface area contributed by atoms with Crippen molar-refractivity contribution < 1.29 is 4.79 Å². The molecular weight excluding hydrogens is 312 g/mol. The summed E-state index contributed by atoms with van der Waals surface area (Å²) in [6, 6.07) is 6.95. The van der Waals surface area contributed by atoms with Crippen LogP contribution >= 0.6 is 0 Å². The molecule has 2 fully saturated rings. The van der Waals surface area contributed by atoms with Crippen molar-refractivity contribution in [2.75, 3.05) is 20.1 Å². The lowest BCUT2D eigenvalue weighted by Crippen LogP contribution is -2.48. The van der Waals surface area contributed by atoms with Crippen molar-refractivity contribution in [3.05, 3.63) is 29.6 Å². The highest BCUT2D eigenvalue weighted by molar-refractivity contribution is 5.76. The summed E-state index contributed by atoms with van der Waals surface area (Å²) in [7, 11) is 1.98. The topological polar surface area (TPSA) is 52.2 Å². The maximum atomic E-state index is 12.9. The van der Waals surface area contributed by atoms with Crippen molar-refractivity contribution in [2.45, 2.75) is 57.4 Å². The highest BCUT2D eigenvalue weighted by Gasteiger charge is 2.31. The van der Waals surface area contributed by atoms with E-state index in [1.165, 1.54) is 18.4 Å². The van der Waals surface area contributed by atoms with E-state index in [1.807, 2.05) is 16.8 Å². The molecular formula is C20H28N4O. The van der Waals surface area contributed by atoms with Gasteiger partial charge in [0, 0.05) is 32.1 Å². The number of amides is 2. The van der Waals surface area contributed by atoms with E-state index in [1.54, 1.807) is 0 Å². The van der Waals surface area contributed by atoms with Crippen LogP contribution < -0.4 is 0 Å². The Balaban J connectivity index is 1.48. The molecule has 25 heavy (non-hydrogen) atoms. The van der Waals surface area contributed by atoms with Gasteiger partial charge >= 0.3 is 6.03 Å². The van der Waals surface area contributed by atoms with Crippen LogP contribution in [0.1, 0.15) is 55.8 Å². The van der Waals surface area contributed by atoms with E-state index < -0.39 is 0 Å². The average molecular weight is 340 g/mol. The largest absolute Gasteiger partial charge is 0.342 e. The maximum Gasteiger partial charge on any atom is 0.320 e. The highest BCUT2D eigenvalue weighted by Crippen LogP contribution is 2.29. The van der Waals surface area contributed by atoms with Crippen LogP contribution in [0.4, 0.5) is 4.79 Å². The van der Waals surface area contributed by atoms with Gasteiger partial charge in [0.2, 0.25) is 0 Å². The predicted octanol–water partition coefficient (Wildman–Crippen LogP) is 4.05. The van der Waals surface area contributed by atoms with Crippen LogP contribution in [0.2, 0.25) is 0 Å². The zero-order valence-corrected chi connectivity index (χ0v) is 15.3. The number of aryl methyl sites for hydroxylation is 1. The van der Waals surface area contributed by atoms with Crippen molar-refractivity contribution >= 4 is 17.1 Å². The molecule has 1 atom stereocenters. The number of fused-ring (bicyclic) bond motifs is 1. The van der Waals surface area contributed by atoms with Gasteiger partial charge in [-0.2, -0.15) is 0 Å². The molecule has 4 rings (SSSR count). The Morgan fingerprint density at radius 2 is 2.04 bits per heavy atom. The Bertz CT molecular complexity index is 762. The van der Waals surface area contributed by atoms with Gasteiger partial charge < -0.3 is 14.8 Å². The summed E-state index contributed by atoms with van der Waals surface area (Å²) in [6.45, 7) is 3.74. The van der Waals surface area contributed by atoms with E-state index >= 15 is 0 Å². The number of benzene rings is 1. The Hall–Kier alpha value is -2.04. The maximum absolute atomic E-state index is 12.9. The fourth-order valence-corrected chi connectivity index (χ4v) is 4.38. The fraction of sp³-hybridized carbons (Fsp3) is 0.600. The zero-order valence-electron chi connectivity index (χ0n) is 15.3. The van der Waals surface area contributed by atoms with Crippen LogP contribution in [-0.2, 0) is 0 Å². The summed E-state index contributed by atoms with van der Waals surface area (Å²) >= 11 is 0. The number of rotatable bonds is 2. The van der Waals surface area contributed by atoms with E-state index in [0.29, 0.717) is 12.0 Å². The number of aromatic nitrogens is 2. The minimum atomic E-state index is 0.198. The first-order valence-electron chi connectivity index (χ1n) is 9.60. The highest BCUT2D eigenvalue weighted by atomic mass is 16.2. The number of likely N-dealkylation sites (tertiary alicyclic amines) is 1. The number of urea groups is 1. The fourth-order valence-electron chi connectivity index (χ4n) is 4.38. The Kier molecular flexibility index (Phi) is 4.40. The molecule has 1 saturated carbocycles. The molecule has 5 heteroatoms. The second-order valence-electron chi connectivity index (χ2n) is 7.76. The summed E-state index contributed by atoms with van der Waals surface area (Å²) in [4.78, 5) is 25.2. The molecule has 1 aliphatic heterocycles. The minimum absolute atomic E-state index is 0.198. The number of imidazole rings is 1. The standard InChI is InChI=1S/C20H28N4O/c1-14-9-10-17-18(12-14)22-19(21-17)15-6-5-11-24(13-15)20(25)23(2)16-7-3-4-8-16/h9-10,12,15-16H,3-8,11,13H2,1-2H3,(H,21,22). The van der Waals surface area contributed by atoms with Gasteiger partial charge in [-0.05, 0) is 50.3 Å². The number of hydrogen-bond acceptors (Lipinski definition) is 2. The van der Waals surface area contributed by atoms with Gasteiger partial charge in [0.05, 0.1) is 11.0 Å². The molecule has 1 aromatic carbocycles. The molecule has 0 radical (unpaired) electrons. The molecule has 2 amide bonds. The summed E-state index contributed by atoms with van der Waals surface area (Å²) in [6.07, 6.45) is 6.96. The number of aromatic amines is 1. The molecule has 1 saturated heterocycles. The number of H-pyrrole nitrogens is 1. The number of carbonyl (C=O) groups excluding carboxylic acids is 1. The Morgan fingerprint density at radius 1 is 1.24 bits per heavy atom. The van der Waals surface area contributed by atoms with Crippen LogP contribution in [0.15, 0.2) is 18.2 Å². The first kappa shape index (κ1) is 16.4. The third-order valence-corrected chi connectivity index (χ3v) is 5.91. The van der Waals surface area contributed by atoms with E-state index in [9.17, 15) is 4.79 Å². The summed E-state index contributed by atoms with van der Waals surface area (Å²) in [5.41, 5.74) is 3.36. The van der Waals surface area contributed by atoms with E-state index in [-0.39, 0.29) is 6.03 Å². The Morgan fingerprint density at radius 3 is 2.84 bits per heavy atom. The second kappa shape index (κ2) is 6.70. The molecule has 1 unspecified atom stereocenters.